The van der Waals surface area contributed by atoms with Crippen molar-refractivity contribution >= 4 is 17.2 Å². The number of nitrogens with zero attached hydrogens (tertiary/aromatic N) is 1. The molecule has 122 valence electrons. The van der Waals surface area contributed by atoms with Crippen molar-refractivity contribution in [2.45, 2.75) is 25.5 Å². The molecule has 24 heavy (non-hydrogen) atoms. The van der Waals surface area contributed by atoms with Crippen molar-refractivity contribution < 1.29 is 15.0 Å². The van der Waals surface area contributed by atoms with Crippen LogP contribution in [0.3, 0.4) is 0 Å². The van der Waals surface area contributed by atoms with Crippen molar-refractivity contribution in [2.24, 2.45) is 0 Å². The van der Waals surface area contributed by atoms with E-state index in [0.717, 1.165) is 40.9 Å². The minimum atomic E-state index is -0.803. The van der Waals surface area contributed by atoms with Crippen LogP contribution in [0.15, 0.2) is 48.5 Å². The van der Waals surface area contributed by atoms with Crippen molar-refractivity contribution in [3.05, 3.63) is 70.8 Å². The minimum absolute atomic E-state index is 0.0826. The molecular formula is C20H19NO3. The fraction of sp³-hybridized carbons (Fsp3) is 0.250. The molecule has 0 bridgehead atoms. The number of aliphatic carboxylic acids is 1. The summed E-state index contributed by atoms with van der Waals surface area (Å²) in [5, 5.41) is 20.0. The van der Waals surface area contributed by atoms with Gasteiger partial charge in [-0.05, 0) is 29.5 Å². The zero-order valence-corrected chi connectivity index (χ0v) is 13.3. The predicted molar refractivity (Wildman–Crippen MR) is 91.9 cm³/mol. The Labute approximate surface area is 140 Å². The number of aliphatic hydroxyl groups excluding tert-OH is 1. The highest BCUT2D eigenvalue weighted by Gasteiger charge is 2.35. The largest absolute Gasteiger partial charge is 0.481 e. The van der Waals surface area contributed by atoms with Gasteiger partial charge in [-0.25, -0.2) is 0 Å². The van der Waals surface area contributed by atoms with E-state index in [2.05, 4.69) is 12.1 Å². The fourth-order valence-electron chi connectivity index (χ4n) is 3.83. The van der Waals surface area contributed by atoms with Gasteiger partial charge in [0.2, 0.25) is 0 Å². The molecule has 2 aromatic rings. The first-order chi connectivity index (χ1) is 11.7. The van der Waals surface area contributed by atoms with Crippen LogP contribution < -0.4 is 0 Å². The molecule has 1 atom stereocenters. The Morgan fingerprint density at radius 3 is 2.58 bits per heavy atom. The third kappa shape index (κ3) is 2.31. The van der Waals surface area contributed by atoms with Crippen LogP contribution in [0.25, 0.3) is 11.3 Å². The molecule has 0 aliphatic carbocycles. The smallest absolute Gasteiger partial charge is 0.303 e. The molecule has 0 aromatic heterocycles. The lowest BCUT2D eigenvalue weighted by molar-refractivity contribution is -0.136. The van der Waals surface area contributed by atoms with Crippen molar-refractivity contribution in [1.82, 2.24) is 4.90 Å². The molecule has 2 heterocycles. The van der Waals surface area contributed by atoms with Crippen LogP contribution in [0.2, 0.25) is 0 Å². The lowest BCUT2D eigenvalue weighted by Gasteiger charge is -2.42. The molecule has 2 N–H and O–H groups in total. The van der Waals surface area contributed by atoms with E-state index in [4.69, 9.17) is 5.11 Å². The quantitative estimate of drug-likeness (QED) is 0.911. The van der Waals surface area contributed by atoms with Gasteiger partial charge >= 0.3 is 5.97 Å². The Balaban J connectivity index is 1.95. The maximum atomic E-state index is 11.1. The number of carboxylic acid groups (broad SMARTS) is 1. The molecule has 0 fully saturated rings. The van der Waals surface area contributed by atoms with Gasteiger partial charge in [-0.2, -0.15) is 0 Å². The summed E-state index contributed by atoms with van der Waals surface area (Å²) in [6, 6.07) is 16.0. The van der Waals surface area contributed by atoms with E-state index in [-0.39, 0.29) is 6.42 Å². The summed E-state index contributed by atoms with van der Waals surface area (Å²) in [5.41, 5.74) is 6.20. The maximum absolute atomic E-state index is 11.1. The van der Waals surface area contributed by atoms with E-state index in [9.17, 15) is 9.90 Å². The van der Waals surface area contributed by atoms with Crippen LogP contribution >= 0.6 is 0 Å². The van der Waals surface area contributed by atoms with E-state index in [1.807, 2.05) is 41.3 Å². The van der Waals surface area contributed by atoms with Gasteiger partial charge in [-0.1, -0.05) is 48.5 Å². The van der Waals surface area contributed by atoms with Gasteiger partial charge in [-0.3, -0.25) is 4.79 Å². The van der Waals surface area contributed by atoms with Crippen LogP contribution in [0, 0.1) is 0 Å². The van der Waals surface area contributed by atoms with Crippen molar-refractivity contribution in [3.8, 4) is 0 Å². The Kier molecular flexibility index (Phi) is 3.62. The number of carbonyl (C=O) groups is 1. The van der Waals surface area contributed by atoms with E-state index in [0.29, 0.717) is 6.42 Å². The molecule has 0 radical (unpaired) electrons. The third-order valence-electron chi connectivity index (χ3n) is 4.92. The van der Waals surface area contributed by atoms with Gasteiger partial charge in [0.1, 0.15) is 0 Å². The highest BCUT2D eigenvalue weighted by Crippen LogP contribution is 2.46. The molecule has 0 amide bonds. The molecule has 4 heteroatoms. The molecule has 0 saturated heterocycles. The van der Waals surface area contributed by atoms with E-state index >= 15 is 0 Å². The van der Waals surface area contributed by atoms with Gasteiger partial charge in [0.25, 0.3) is 0 Å². The normalized spacial score (nSPS) is 18.7. The Morgan fingerprint density at radius 2 is 1.79 bits per heavy atom. The number of hydrogen-bond acceptors (Lipinski definition) is 3. The van der Waals surface area contributed by atoms with Crippen LogP contribution in [0.4, 0.5) is 0 Å². The summed E-state index contributed by atoms with van der Waals surface area (Å²) in [7, 11) is 0. The first kappa shape index (κ1) is 15.0. The summed E-state index contributed by atoms with van der Waals surface area (Å²) in [6.45, 7) is 0.735. The number of aliphatic hydroxyl groups is 1. The minimum Gasteiger partial charge on any atom is -0.481 e. The average molecular weight is 321 g/mol. The van der Waals surface area contributed by atoms with Crippen LogP contribution in [-0.4, -0.2) is 27.6 Å². The summed E-state index contributed by atoms with van der Waals surface area (Å²) in [4.78, 5) is 13.2. The molecule has 4 rings (SSSR count). The number of carboxylic acids is 1. The van der Waals surface area contributed by atoms with Gasteiger partial charge in [0, 0.05) is 24.1 Å². The van der Waals surface area contributed by atoms with Gasteiger partial charge in [-0.15, -0.1) is 0 Å². The summed E-state index contributed by atoms with van der Waals surface area (Å²) >= 11 is 0. The zero-order chi connectivity index (χ0) is 16.7. The van der Waals surface area contributed by atoms with Gasteiger partial charge < -0.3 is 15.1 Å². The maximum Gasteiger partial charge on any atom is 0.303 e. The lowest BCUT2D eigenvalue weighted by atomic mass is 9.83. The second-order valence-electron chi connectivity index (χ2n) is 6.28. The number of allylic oxidation sites excluding steroid dienone is 1. The van der Waals surface area contributed by atoms with Crippen LogP contribution in [0.1, 0.15) is 41.3 Å². The monoisotopic (exact) mass is 321 g/mol. The van der Waals surface area contributed by atoms with Crippen molar-refractivity contribution in [3.63, 3.8) is 0 Å². The first-order valence-corrected chi connectivity index (χ1v) is 8.24. The van der Waals surface area contributed by atoms with Gasteiger partial charge in [0.05, 0.1) is 5.70 Å². The molecule has 2 aliphatic rings. The summed E-state index contributed by atoms with van der Waals surface area (Å²) < 4.78 is 0. The molecule has 0 saturated carbocycles. The second-order valence-corrected chi connectivity index (χ2v) is 6.28. The highest BCUT2D eigenvalue weighted by molar-refractivity contribution is 5.94. The van der Waals surface area contributed by atoms with E-state index in [1.165, 1.54) is 5.56 Å². The number of fused-ring (bicyclic) bond motifs is 4. The third-order valence-corrected chi connectivity index (χ3v) is 4.92. The Bertz CT molecular complexity index is 840. The van der Waals surface area contributed by atoms with E-state index in [1.54, 1.807) is 0 Å². The second kappa shape index (κ2) is 5.80. The average Bonchev–Trinajstić information content (AvgIpc) is 2.61. The Morgan fingerprint density at radius 1 is 1.08 bits per heavy atom. The molecule has 4 nitrogen and oxygen atoms in total. The predicted octanol–water partition coefficient (Wildman–Crippen LogP) is 3.28. The zero-order valence-electron chi connectivity index (χ0n) is 13.3. The number of benzene rings is 2. The van der Waals surface area contributed by atoms with E-state index < -0.39 is 12.2 Å². The van der Waals surface area contributed by atoms with Crippen molar-refractivity contribution in [1.29, 1.82) is 0 Å². The standard InChI is InChI=1S/C20H19NO3/c22-18(23)10-9-16-15-7-3-4-8-17(15)20(24)21-12-11-13-5-1-2-6-14(13)19(16)21/h1-8,20,24H,9-12H2,(H,22,23). The summed E-state index contributed by atoms with van der Waals surface area (Å²) in [6.07, 6.45) is 0.738. The first-order valence-electron chi connectivity index (χ1n) is 8.24. The van der Waals surface area contributed by atoms with Crippen LogP contribution in [-0.2, 0) is 11.2 Å². The fourth-order valence-corrected chi connectivity index (χ4v) is 3.83. The molecular weight excluding hydrogens is 302 g/mol. The topological polar surface area (TPSA) is 60.8 Å². The lowest BCUT2D eigenvalue weighted by Crippen LogP contribution is -2.36. The molecule has 2 aromatic carbocycles. The molecule has 2 aliphatic heterocycles. The molecule has 1 unspecified atom stereocenters. The van der Waals surface area contributed by atoms with Crippen LogP contribution in [0.5, 0.6) is 0 Å². The SMILES string of the molecule is O=C(O)CCC1=C2c3ccccc3CCN2C(O)c2ccccc21. The summed E-state index contributed by atoms with van der Waals surface area (Å²) in [5.74, 6) is -0.803. The number of rotatable bonds is 3. The van der Waals surface area contributed by atoms with Crippen molar-refractivity contribution in [2.75, 3.05) is 6.54 Å². The Hall–Kier alpha value is -2.59. The molecule has 0 spiro atoms. The van der Waals surface area contributed by atoms with Gasteiger partial charge in [0.15, 0.2) is 6.23 Å². The number of hydrogen-bond donors (Lipinski definition) is 2. The highest BCUT2D eigenvalue weighted by atomic mass is 16.4.